The molecular formula is C19H28IN5O2. The van der Waals surface area contributed by atoms with Gasteiger partial charge in [0, 0.05) is 57.6 Å². The van der Waals surface area contributed by atoms with E-state index in [0.717, 1.165) is 28.4 Å². The van der Waals surface area contributed by atoms with Crippen LogP contribution < -0.4 is 25.0 Å². The average Bonchev–Trinajstić information content (AvgIpc) is 2.68. The number of halogens is 1. The fourth-order valence-corrected chi connectivity index (χ4v) is 2.55. The standard InChI is InChI=1S/C19H27N5O2.HI/c1-20-19(23-13-15-7-6-10-21-18(15)24(2)3)22-12-14-8-9-16(25-4)11-17(14)26-5;/h6-11H,12-13H2,1-5H3,(H2,20,22,23);1H. The highest BCUT2D eigenvalue weighted by atomic mass is 127. The van der Waals surface area contributed by atoms with E-state index in [2.05, 4.69) is 26.7 Å². The third kappa shape index (κ3) is 6.46. The van der Waals surface area contributed by atoms with E-state index >= 15 is 0 Å². The number of hydrogen-bond acceptors (Lipinski definition) is 5. The highest BCUT2D eigenvalue weighted by Crippen LogP contribution is 2.24. The minimum Gasteiger partial charge on any atom is -0.497 e. The smallest absolute Gasteiger partial charge is 0.191 e. The lowest BCUT2D eigenvalue weighted by molar-refractivity contribution is 0.390. The summed E-state index contributed by atoms with van der Waals surface area (Å²) in [5.41, 5.74) is 2.12. The van der Waals surface area contributed by atoms with Crippen molar-refractivity contribution in [2.45, 2.75) is 13.1 Å². The molecule has 0 aliphatic rings. The van der Waals surface area contributed by atoms with Gasteiger partial charge in [0.1, 0.15) is 17.3 Å². The summed E-state index contributed by atoms with van der Waals surface area (Å²) >= 11 is 0. The number of guanidine groups is 1. The van der Waals surface area contributed by atoms with Crippen molar-refractivity contribution >= 4 is 35.8 Å². The van der Waals surface area contributed by atoms with Crippen molar-refractivity contribution in [1.82, 2.24) is 15.6 Å². The molecule has 1 aromatic heterocycles. The van der Waals surface area contributed by atoms with Crippen LogP contribution in [-0.2, 0) is 13.1 Å². The van der Waals surface area contributed by atoms with E-state index in [9.17, 15) is 0 Å². The SMILES string of the molecule is CN=C(NCc1ccc(OC)cc1OC)NCc1cccnc1N(C)C.I. The third-order valence-electron chi connectivity index (χ3n) is 3.90. The van der Waals surface area contributed by atoms with Gasteiger partial charge < -0.3 is 25.0 Å². The summed E-state index contributed by atoms with van der Waals surface area (Å²) in [5, 5.41) is 6.62. The predicted molar refractivity (Wildman–Crippen MR) is 121 cm³/mol. The van der Waals surface area contributed by atoms with E-state index in [1.165, 1.54) is 0 Å². The Labute approximate surface area is 178 Å². The van der Waals surface area contributed by atoms with E-state index < -0.39 is 0 Å². The Morgan fingerprint density at radius 3 is 2.37 bits per heavy atom. The van der Waals surface area contributed by atoms with Crippen LogP contribution in [0.1, 0.15) is 11.1 Å². The first kappa shape index (κ1) is 22.8. The summed E-state index contributed by atoms with van der Waals surface area (Å²) < 4.78 is 10.7. The molecule has 0 saturated carbocycles. The minimum absolute atomic E-state index is 0. The van der Waals surface area contributed by atoms with Crippen LogP contribution in [0.5, 0.6) is 11.5 Å². The van der Waals surface area contributed by atoms with Crippen LogP contribution >= 0.6 is 24.0 Å². The quantitative estimate of drug-likeness (QED) is 0.357. The number of nitrogens with one attached hydrogen (secondary N) is 2. The van der Waals surface area contributed by atoms with Gasteiger partial charge in [0.15, 0.2) is 5.96 Å². The van der Waals surface area contributed by atoms with E-state index in [-0.39, 0.29) is 24.0 Å². The van der Waals surface area contributed by atoms with Gasteiger partial charge in [0.05, 0.1) is 14.2 Å². The minimum atomic E-state index is 0. The van der Waals surface area contributed by atoms with Crippen molar-refractivity contribution in [3.63, 3.8) is 0 Å². The number of nitrogens with zero attached hydrogens (tertiary/aromatic N) is 3. The summed E-state index contributed by atoms with van der Waals surface area (Å²) in [4.78, 5) is 10.7. The van der Waals surface area contributed by atoms with Gasteiger partial charge in [-0.25, -0.2) is 4.98 Å². The Morgan fingerprint density at radius 2 is 1.78 bits per heavy atom. The van der Waals surface area contributed by atoms with Crippen LogP contribution in [0, 0.1) is 0 Å². The molecule has 0 atom stereocenters. The van der Waals surface area contributed by atoms with Crippen LogP contribution in [0.25, 0.3) is 0 Å². The molecule has 7 nitrogen and oxygen atoms in total. The molecule has 1 heterocycles. The molecule has 8 heteroatoms. The van der Waals surface area contributed by atoms with Crippen molar-refractivity contribution < 1.29 is 9.47 Å². The molecule has 0 saturated heterocycles. The Kier molecular flexibility index (Phi) is 9.70. The van der Waals surface area contributed by atoms with E-state index in [1.807, 2.05) is 43.3 Å². The van der Waals surface area contributed by atoms with Gasteiger partial charge in [-0.1, -0.05) is 6.07 Å². The van der Waals surface area contributed by atoms with Gasteiger partial charge >= 0.3 is 0 Å². The molecular weight excluding hydrogens is 457 g/mol. The number of benzene rings is 1. The number of ether oxygens (including phenoxy) is 2. The number of anilines is 1. The molecule has 0 aliphatic carbocycles. The number of aliphatic imine (C=N–C) groups is 1. The lowest BCUT2D eigenvalue weighted by Crippen LogP contribution is -2.36. The molecule has 2 rings (SSSR count). The molecule has 0 unspecified atom stereocenters. The van der Waals surface area contributed by atoms with Crippen molar-refractivity contribution in [1.29, 1.82) is 0 Å². The topological polar surface area (TPSA) is 71.0 Å². The monoisotopic (exact) mass is 485 g/mol. The van der Waals surface area contributed by atoms with Crippen molar-refractivity contribution in [2.75, 3.05) is 40.3 Å². The number of pyridine rings is 1. The maximum atomic E-state index is 5.43. The second kappa shape index (κ2) is 11.5. The lowest BCUT2D eigenvalue weighted by atomic mass is 10.2. The highest BCUT2D eigenvalue weighted by Gasteiger charge is 2.08. The van der Waals surface area contributed by atoms with Gasteiger partial charge in [0.2, 0.25) is 0 Å². The van der Waals surface area contributed by atoms with Gasteiger partial charge in [-0.15, -0.1) is 24.0 Å². The molecule has 0 spiro atoms. The molecule has 0 fully saturated rings. The summed E-state index contributed by atoms with van der Waals surface area (Å²) in [6.45, 7) is 1.21. The maximum Gasteiger partial charge on any atom is 0.191 e. The normalized spacial score (nSPS) is 10.6. The van der Waals surface area contributed by atoms with Gasteiger partial charge in [0.25, 0.3) is 0 Å². The average molecular weight is 485 g/mol. The number of methoxy groups -OCH3 is 2. The first-order chi connectivity index (χ1) is 12.6. The van der Waals surface area contributed by atoms with Crippen LogP contribution in [0.15, 0.2) is 41.5 Å². The first-order valence-electron chi connectivity index (χ1n) is 8.35. The molecule has 0 bridgehead atoms. The Hall–Kier alpha value is -2.23. The molecule has 0 amide bonds. The number of rotatable bonds is 7. The Bertz CT molecular complexity index is 753. The summed E-state index contributed by atoms with van der Waals surface area (Å²) in [7, 11) is 9.00. The molecule has 0 aliphatic heterocycles. The summed E-state index contributed by atoms with van der Waals surface area (Å²) in [6, 6.07) is 9.74. The molecule has 148 valence electrons. The molecule has 2 aromatic rings. The summed E-state index contributed by atoms with van der Waals surface area (Å²) in [6.07, 6.45) is 1.79. The fourth-order valence-electron chi connectivity index (χ4n) is 2.55. The van der Waals surface area contributed by atoms with Crippen molar-refractivity contribution in [3.05, 3.63) is 47.7 Å². The largest absolute Gasteiger partial charge is 0.497 e. The number of aromatic nitrogens is 1. The molecule has 27 heavy (non-hydrogen) atoms. The second-order valence-electron chi connectivity index (χ2n) is 5.84. The Morgan fingerprint density at radius 1 is 1.07 bits per heavy atom. The third-order valence-corrected chi connectivity index (χ3v) is 3.90. The zero-order valence-corrected chi connectivity index (χ0v) is 18.8. The van der Waals surface area contributed by atoms with Crippen LogP contribution in [0.4, 0.5) is 5.82 Å². The zero-order chi connectivity index (χ0) is 18.9. The second-order valence-corrected chi connectivity index (χ2v) is 5.84. The maximum absolute atomic E-state index is 5.43. The van der Waals surface area contributed by atoms with E-state index in [0.29, 0.717) is 19.0 Å². The van der Waals surface area contributed by atoms with Crippen molar-refractivity contribution in [3.8, 4) is 11.5 Å². The van der Waals surface area contributed by atoms with E-state index in [1.54, 1.807) is 27.5 Å². The molecule has 2 N–H and O–H groups in total. The van der Waals surface area contributed by atoms with E-state index in [4.69, 9.17) is 9.47 Å². The van der Waals surface area contributed by atoms with Gasteiger partial charge in [-0.2, -0.15) is 0 Å². The van der Waals surface area contributed by atoms with Crippen LogP contribution in [0.2, 0.25) is 0 Å². The molecule has 1 aromatic carbocycles. The highest BCUT2D eigenvalue weighted by molar-refractivity contribution is 14.0. The predicted octanol–water partition coefficient (Wildman–Crippen LogP) is 2.65. The fraction of sp³-hybridized carbons (Fsp3) is 0.368. The zero-order valence-electron chi connectivity index (χ0n) is 16.4. The first-order valence-corrected chi connectivity index (χ1v) is 8.35. The van der Waals surface area contributed by atoms with Crippen LogP contribution in [0.3, 0.4) is 0 Å². The van der Waals surface area contributed by atoms with Gasteiger partial charge in [-0.3, -0.25) is 4.99 Å². The van der Waals surface area contributed by atoms with Crippen LogP contribution in [-0.4, -0.2) is 46.3 Å². The van der Waals surface area contributed by atoms with Gasteiger partial charge in [-0.05, 0) is 18.2 Å². The lowest BCUT2D eigenvalue weighted by Gasteiger charge is -2.18. The number of hydrogen-bond donors (Lipinski definition) is 2. The summed E-state index contributed by atoms with van der Waals surface area (Å²) in [5.74, 6) is 3.18. The molecule has 0 radical (unpaired) electrons. The Balaban J connectivity index is 0.00000364. The van der Waals surface area contributed by atoms with Crippen molar-refractivity contribution in [2.24, 2.45) is 4.99 Å².